The smallest absolute Gasteiger partial charge is 0.231 e. The molecule has 0 saturated carbocycles. The summed E-state index contributed by atoms with van der Waals surface area (Å²) in [6.07, 6.45) is 1.35. The molecule has 0 aliphatic carbocycles. The SMILES string of the molecule is COc1cccc(CC(=O)N2CCc3ccc(C)cc32)c1. The maximum absolute atomic E-state index is 12.6. The van der Waals surface area contributed by atoms with Crippen LogP contribution in [-0.4, -0.2) is 19.6 Å². The van der Waals surface area contributed by atoms with E-state index in [2.05, 4.69) is 25.1 Å². The molecule has 0 unspecified atom stereocenters. The molecule has 0 fully saturated rings. The topological polar surface area (TPSA) is 29.5 Å². The molecule has 0 atom stereocenters. The van der Waals surface area contributed by atoms with E-state index in [0.29, 0.717) is 6.42 Å². The molecule has 0 aromatic heterocycles. The van der Waals surface area contributed by atoms with Crippen molar-refractivity contribution in [2.24, 2.45) is 0 Å². The number of hydrogen-bond acceptors (Lipinski definition) is 2. The number of benzene rings is 2. The molecule has 3 heteroatoms. The molecule has 0 spiro atoms. The van der Waals surface area contributed by atoms with Crippen molar-refractivity contribution >= 4 is 11.6 Å². The normalized spacial score (nSPS) is 13.1. The second-order valence-electron chi connectivity index (χ2n) is 5.46. The fraction of sp³-hybridized carbons (Fsp3) is 0.278. The number of carbonyl (C=O) groups is 1. The first-order valence-electron chi connectivity index (χ1n) is 7.20. The first kappa shape index (κ1) is 13.7. The summed E-state index contributed by atoms with van der Waals surface area (Å²) in [6, 6.07) is 14.0. The largest absolute Gasteiger partial charge is 0.497 e. The zero-order chi connectivity index (χ0) is 14.8. The molecular weight excluding hydrogens is 262 g/mol. The Balaban J connectivity index is 1.80. The van der Waals surface area contributed by atoms with Crippen LogP contribution in [-0.2, 0) is 17.6 Å². The third kappa shape index (κ3) is 2.77. The van der Waals surface area contributed by atoms with Gasteiger partial charge < -0.3 is 9.64 Å². The summed E-state index contributed by atoms with van der Waals surface area (Å²) < 4.78 is 5.21. The number of hydrogen-bond donors (Lipinski definition) is 0. The van der Waals surface area contributed by atoms with Gasteiger partial charge in [-0.1, -0.05) is 24.3 Å². The lowest BCUT2D eigenvalue weighted by Gasteiger charge is -2.18. The lowest BCUT2D eigenvalue weighted by molar-refractivity contribution is -0.117. The van der Waals surface area contributed by atoms with Crippen LogP contribution >= 0.6 is 0 Å². The van der Waals surface area contributed by atoms with Crippen molar-refractivity contribution in [3.8, 4) is 5.75 Å². The minimum Gasteiger partial charge on any atom is -0.497 e. The average molecular weight is 281 g/mol. The van der Waals surface area contributed by atoms with Crippen molar-refractivity contribution in [1.29, 1.82) is 0 Å². The Hall–Kier alpha value is -2.29. The number of carbonyl (C=O) groups excluding carboxylic acids is 1. The minimum absolute atomic E-state index is 0.146. The molecule has 0 N–H and O–H groups in total. The van der Waals surface area contributed by atoms with E-state index >= 15 is 0 Å². The number of fused-ring (bicyclic) bond motifs is 1. The zero-order valence-electron chi connectivity index (χ0n) is 12.4. The second-order valence-corrected chi connectivity index (χ2v) is 5.46. The Morgan fingerprint density at radius 3 is 2.90 bits per heavy atom. The van der Waals surface area contributed by atoms with Crippen LogP contribution in [0.15, 0.2) is 42.5 Å². The first-order valence-corrected chi connectivity index (χ1v) is 7.20. The molecule has 0 radical (unpaired) electrons. The quantitative estimate of drug-likeness (QED) is 0.865. The Bertz CT molecular complexity index is 679. The van der Waals surface area contributed by atoms with E-state index in [-0.39, 0.29) is 5.91 Å². The summed E-state index contributed by atoms with van der Waals surface area (Å²) in [7, 11) is 1.64. The number of aryl methyl sites for hydroxylation is 1. The van der Waals surface area contributed by atoms with Crippen molar-refractivity contribution in [2.75, 3.05) is 18.6 Å². The van der Waals surface area contributed by atoms with Crippen LogP contribution in [0.25, 0.3) is 0 Å². The van der Waals surface area contributed by atoms with Gasteiger partial charge in [0.25, 0.3) is 0 Å². The maximum atomic E-state index is 12.6. The fourth-order valence-corrected chi connectivity index (χ4v) is 2.80. The number of ether oxygens (including phenoxy) is 1. The van der Waals surface area contributed by atoms with Gasteiger partial charge in [-0.25, -0.2) is 0 Å². The highest BCUT2D eigenvalue weighted by Gasteiger charge is 2.24. The van der Waals surface area contributed by atoms with Gasteiger partial charge in [0.15, 0.2) is 0 Å². The average Bonchev–Trinajstić information content (AvgIpc) is 2.90. The molecule has 0 bridgehead atoms. The highest BCUT2D eigenvalue weighted by molar-refractivity contribution is 5.96. The predicted octanol–water partition coefficient (Wildman–Crippen LogP) is 3.14. The Morgan fingerprint density at radius 2 is 2.10 bits per heavy atom. The molecule has 1 heterocycles. The van der Waals surface area contributed by atoms with Gasteiger partial charge in [0.2, 0.25) is 5.91 Å². The third-order valence-electron chi connectivity index (χ3n) is 3.93. The summed E-state index contributed by atoms with van der Waals surface area (Å²) >= 11 is 0. The summed E-state index contributed by atoms with van der Waals surface area (Å²) in [4.78, 5) is 14.5. The van der Waals surface area contributed by atoms with Gasteiger partial charge in [-0.15, -0.1) is 0 Å². The van der Waals surface area contributed by atoms with Crippen molar-refractivity contribution in [3.63, 3.8) is 0 Å². The van der Waals surface area contributed by atoms with Crippen LogP contribution in [0.5, 0.6) is 5.75 Å². The van der Waals surface area contributed by atoms with Crippen molar-refractivity contribution < 1.29 is 9.53 Å². The molecule has 2 aromatic carbocycles. The number of nitrogens with zero attached hydrogens (tertiary/aromatic N) is 1. The van der Waals surface area contributed by atoms with Crippen molar-refractivity contribution in [3.05, 3.63) is 59.2 Å². The van der Waals surface area contributed by atoms with Gasteiger partial charge in [0.05, 0.1) is 13.5 Å². The van der Waals surface area contributed by atoms with E-state index in [0.717, 1.165) is 30.0 Å². The Morgan fingerprint density at radius 1 is 1.24 bits per heavy atom. The monoisotopic (exact) mass is 281 g/mol. The number of amides is 1. The summed E-state index contributed by atoms with van der Waals surface area (Å²) in [5, 5.41) is 0. The van der Waals surface area contributed by atoms with Gasteiger partial charge in [-0.05, 0) is 48.2 Å². The summed E-state index contributed by atoms with van der Waals surface area (Å²) in [5.41, 5.74) is 4.51. The van der Waals surface area contributed by atoms with E-state index < -0.39 is 0 Å². The Labute approximate surface area is 125 Å². The highest BCUT2D eigenvalue weighted by Crippen LogP contribution is 2.29. The Kier molecular flexibility index (Phi) is 3.65. The van der Waals surface area contributed by atoms with Crippen LogP contribution in [0, 0.1) is 6.92 Å². The summed E-state index contributed by atoms with van der Waals surface area (Å²) in [5.74, 6) is 0.936. The molecule has 3 nitrogen and oxygen atoms in total. The molecule has 3 rings (SSSR count). The third-order valence-corrected chi connectivity index (χ3v) is 3.93. The van der Waals surface area contributed by atoms with E-state index in [1.54, 1.807) is 7.11 Å². The lowest BCUT2D eigenvalue weighted by atomic mass is 10.1. The van der Waals surface area contributed by atoms with Crippen LogP contribution in [0.3, 0.4) is 0 Å². The lowest BCUT2D eigenvalue weighted by Crippen LogP contribution is -2.30. The van der Waals surface area contributed by atoms with Gasteiger partial charge in [-0.2, -0.15) is 0 Å². The predicted molar refractivity (Wildman–Crippen MR) is 83.9 cm³/mol. The van der Waals surface area contributed by atoms with E-state index in [9.17, 15) is 4.79 Å². The van der Waals surface area contributed by atoms with Gasteiger partial charge >= 0.3 is 0 Å². The van der Waals surface area contributed by atoms with E-state index in [4.69, 9.17) is 4.74 Å². The molecule has 2 aromatic rings. The molecule has 108 valence electrons. The highest BCUT2D eigenvalue weighted by atomic mass is 16.5. The molecule has 21 heavy (non-hydrogen) atoms. The zero-order valence-corrected chi connectivity index (χ0v) is 12.4. The van der Waals surface area contributed by atoms with E-state index in [1.165, 1.54) is 11.1 Å². The molecule has 0 saturated heterocycles. The van der Waals surface area contributed by atoms with Crippen molar-refractivity contribution in [1.82, 2.24) is 0 Å². The van der Waals surface area contributed by atoms with E-state index in [1.807, 2.05) is 29.2 Å². The molecule has 1 aliphatic rings. The van der Waals surface area contributed by atoms with Gasteiger partial charge in [0.1, 0.15) is 5.75 Å². The van der Waals surface area contributed by atoms with Crippen LogP contribution < -0.4 is 9.64 Å². The first-order chi connectivity index (χ1) is 10.2. The second kappa shape index (κ2) is 5.60. The van der Waals surface area contributed by atoms with Crippen LogP contribution in [0.4, 0.5) is 5.69 Å². The molecule has 1 amide bonds. The van der Waals surface area contributed by atoms with Crippen LogP contribution in [0.2, 0.25) is 0 Å². The summed E-state index contributed by atoms with van der Waals surface area (Å²) in [6.45, 7) is 2.84. The minimum atomic E-state index is 0.146. The number of methoxy groups -OCH3 is 1. The molecule has 1 aliphatic heterocycles. The maximum Gasteiger partial charge on any atom is 0.231 e. The van der Waals surface area contributed by atoms with Gasteiger partial charge in [0, 0.05) is 12.2 Å². The molecular formula is C18H19NO2. The number of rotatable bonds is 3. The fourth-order valence-electron chi connectivity index (χ4n) is 2.80. The standard InChI is InChI=1S/C18H19NO2/c1-13-6-7-15-8-9-19(17(15)10-13)18(20)12-14-4-3-5-16(11-14)21-2/h3-7,10-11H,8-9,12H2,1-2H3. The van der Waals surface area contributed by atoms with Gasteiger partial charge in [-0.3, -0.25) is 4.79 Å². The van der Waals surface area contributed by atoms with Crippen molar-refractivity contribution in [2.45, 2.75) is 19.8 Å². The van der Waals surface area contributed by atoms with Crippen LogP contribution in [0.1, 0.15) is 16.7 Å². The number of anilines is 1.